The summed E-state index contributed by atoms with van der Waals surface area (Å²) in [4.78, 5) is 7.25. The zero-order valence-electron chi connectivity index (χ0n) is 15.0. The van der Waals surface area contributed by atoms with Gasteiger partial charge in [-0.25, -0.2) is 0 Å². The Bertz CT molecular complexity index is 502. The second kappa shape index (κ2) is 8.95. The SMILES string of the molecule is CCNC(=NCCCC1CC1)NC1CCN(c2ccccc2)CC1. The van der Waals surface area contributed by atoms with Gasteiger partial charge in [-0.3, -0.25) is 4.99 Å². The van der Waals surface area contributed by atoms with Crippen LogP contribution in [0.15, 0.2) is 35.3 Å². The van der Waals surface area contributed by atoms with Crippen molar-refractivity contribution in [1.29, 1.82) is 0 Å². The third-order valence-electron chi connectivity index (χ3n) is 5.04. The quantitative estimate of drug-likeness (QED) is 0.458. The van der Waals surface area contributed by atoms with Crippen LogP contribution in [0, 0.1) is 5.92 Å². The molecule has 132 valence electrons. The molecule has 1 aromatic rings. The molecule has 24 heavy (non-hydrogen) atoms. The highest BCUT2D eigenvalue weighted by molar-refractivity contribution is 5.80. The molecular weight excluding hydrogens is 296 g/mol. The van der Waals surface area contributed by atoms with Gasteiger partial charge in [0.25, 0.3) is 0 Å². The lowest BCUT2D eigenvalue weighted by molar-refractivity contribution is 0.461. The average Bonchev–Trinajstić information content (AvgIpc) is 3.45. The highest BCUT2D eigenvalue weighted by Gasteiger charge is 2.21. The second-order valence-corrected chi connectivity index (χ2v) is 7.09. The maximum Gasteiger partial charge on any atom is 0.191 e. The highest BCUT2D eigenvalue weighted by atomic mass is 15.2. The molecule has 0 amide bonds. The van der Waals surface area contributed by atoms with Gasteiger partial charge in [0.1, 0.15) is 0 Å². The third-order valence-corrected chi connectivity index (χ3v) is 5.04. The van der Waals surface area contributed by atoms with E-state index in [1.54, 1.807) is 0 Å². The molecular formula is C20H32N4. The highest BCUT2D eigenvalue weighted by Crippen LogP contribution is 2.33. The molecule has 2 N–H and O–H groups in total. The number of anilines is 1. The minimum absolute atomic E-state index is 0.534. The minimum atomic E-state index is 0.534. The van der Waals surface area contributed by atoms with Crippen molar-refractivity contribution in [1.82, 2.24) is 10.6 Å². The van der Waals surface area contributed by atoms with Crippen LogP contribution >= 0.6 is 0 Å². The van der Waals surface area contributed by atoms with E-state index >= 15 is 0 Å². The zero-order chi connectivity index (χ0) is 16.6. The van der Waals surface area contributed by atoms with Crippen LogP contribution in [0.1, 0.15) is 45.4 Å². The van der Waals surface area contributed by atoms with Crippen LogP contribution in [0.4, 0.5) is 5.69 Å². The fraction of sp³-hybridized carbons (Fsp3) is 0.650. The van der Waals surface area contributed by atoms with Gasteiger partial charge in [0, 0.05) is 37.9 Å². The molecule has 0 atom stereocenters. The maximum absolute atomic E-state index is 4.77. The van der Waals surface area contributed by atoms with Crippen molar-refractivity contribution in [3.63, 3.8) is 0 Å². The van der Waals surface area contributed by atoms with E-state index in [1.165, 1.54) is 44.2 Å². The normalized spacial score (nSPS) is 19.4. The summed E-state index contributed by atoms with van der Waals surface area (Å²) in [6, 6.07) is 11.3. The van der Waals surface area contributed by atoms with Gasteiger partial charge in [0.05, 0.1) is 0 Å². The number of hydrogen-bond acceptors (Lipinski definition) is 2. The molecule has 4 nitrogen and oxygen atoms in total. The van der Waals surface area contributed by atoms with Gasteiger partial charge in [-0.15, -0.1) is 0 Å². The Balaban J connectivity index is 1.42. The van der Waals surface area contributed by atoms with E-state index < -0.39 is 0 Å². The fourth-order valence-corrected chi connectivity index (χ4v) is 3.41. The Morgan fingerprint density at radius 2 is 1.88 bits per heavy atom. The standard InChI is InChI=1S/C20H32N4/c1-2-21-20(22-14-6-7-17-10-11-17)23-18-12-15-24(16-13-18)19-8-4-3-5-9-19/h3-5,8-9,17-18H,2,6-7,10-16H2,1H3,(H2,21,22,23). The van der Waals surface area contributed by atoms with Crippen molar-refractivity contribution in [3.8, 4) is 0 Å². The monoisotopic (exact) mass is 328 g/mol. The fourth-order valence-electron chi connectivity index (χ4n) is 3.41. The summed E-state index contributed by atoms with van der Waals surface area (Å²) in [5, 5.41) is 7.05. The molecule has 1 saturated carbocycles. The minimum Gasteiger partial charge on any atom is -0.371 e. The molecule has 3 rings (SSSR count). The number of aliphatic imine (C=N–C) groups is 1. The molecule has 0 spiro atoms. The van der Waals surface area contributed by atoms with Gasteiger partial charge in [-0.2, -0.15) is 0 Å². The Morgan fingerprint density at radius 3 is 2.54 bits per heavy atom. The van der Waals surface area contributed by atoms with Crippen LogP contribution in [0.3, 0.4) is 0 Å². The Hall–Kier alpha value is -1.71. The first-order valence-corrected chi connectivity index (χ1v) is 9.70. The molecule has 1 aliphatic carbocycles. The van der Waals surface area contributed by atoms with Crippen LogP contribution in [0.2, 0.25) is 0 Å². The van der Waals surface area contributed by atoms with Gasteiger partial charge in [-0.05, 0) is 50.7 Å². The summed E-state index contributed by atoms with van der Waals surface area (Å²) in [6.45, 7) is 6.25. The molecule has 1 heterocycles. The summed E-state index contributed by atoms with van der Waals surface area (Å²) in [6.07, 6.45) is 7.82. The van der Waals surface area contributed by atoms with Crippen molar-refractivity contribution in [3.05, 3.63) is 30.3 Å². The van der Waals surface area contributed by atoms with Gasteiger partial charge >= 0.3 is 0 Å². The van der Waals surface area contributed by atoms with Crippen LogP contribution < -0.4 is 15.5 Å². The lowest BCUT2D eigenvalue weighted by Gasteiger charge is -2.34. The van der Waals surface area contributed by atoms with Crippen LogP contribution in [0.5, 0.6) is 0 Å². The molecule has 0 bridgehead atoms. The Labute approximate surface area is 146 Å². The predicted molar refractivity (Wildman–Crippen MR) is 103 cm³/mol. The zero-order valence-corrected chi connectivity index (χ0v) is 15.0. The van der Waals surface area contributed by atoms with E-state index in [4.69, 9.17) is 4.99 Å². The first-order chi connectivity index (χ1) is 11.8. The largest absolute Gasteiger partial charge is 0.371 e. The van der Waals surface area contributed by atoms with Gasteiger partial charge in [0.15, 0.2) is 5.96 Å². The van der Waals surface area contributed by atoms with E-state index in [1.807, 2.05) is 0 Å². The number of guanidine groups is 1. The van der Waals surface area contributed by atoms with E-state index in [-0.39, 0.29) is 0 Å². The summed E-state index contributed by atoms with van der Waals surface area (Å²) in [5.74, 6) is 2.02. The molecule has 2 fully saturated rings. The molecule has 2 aliphatic rings. The molecule has 1 saturated heterocycles. The Morgan fingerprint density at radius 1 is 1.12 bits per heavy atom. The molecule has 0 aromatic heterocycles. The molecule has 0 unspecified atom stereocenters. The number of rotatable bonds is 7. The van der Waals surface area contributed by atoms with E-state index in [0.717, 1.165) is 38.1 Å². The van der Waals surface area contributed by atoms with Crippen molar-refractivity contribution in [2.75, 3.05) is 31.1 Å². The van der Waals surface area contributed by atoms with Gasteiger partial charge in [-0.1, -0.05) is 31.0 Å². The van der Waals surface area contributed by atoms with E-state index in [9.17, 15) is 0 Å². The molecule has 1 aliphatic heterocycles. The molecule has 4 heteroatoms. The summed E-state index contributed by atoms with van der Waals surface area (Å²) >= 11 is 0. The van der Waals surface area contributed by atoms with E-state index in [2.05, 4.69) is 52.8 Å². The lowest BCUT2D eigenvalue weighted by atomic mass is 10.0. The number of hydrogen-bond donors (Lipinski definition) is 2. The smallest absolute Gasteiger partial charge is 0.191 e. The van der Waals surface area contributed by atoms with Crippen LogP contribution in [-0.4, -0.2) is 38.2 Å². The van der Waals surface area contributed by atoms with Crippen molar-refractivity contribution in [2.45, 2.75) is 51.5 Å². The summed E-state index contributed by atoms with van der Waals surface area (Å²) < 4.78 is 0. The summed E-state index contributed by atoms with van der Waals surface area (Å²) in [5.41, 5.74) is 1.34. The van der Waals surface area contributed by atoms with Crippen LogP contribution in [0.25, 0.3) is 0 Å². The first-order valence-electron chi connectivity index (χ1n) is 9.70. The third kappa shape index (κ3) is 5.43. The number of piperidine rings is 1. The number of benzene rings is 1. The van der Waals surface area contributed by atoms with Crippen LogP contribution in [-0.2, 0) is 0 Å². The van der Waals surface area contributed by atoms with Crippen molar-refractivity contribution < 1.29 is 0 Å². The Kier molecular flexibility index (Phi) is 6.39. The summed E-state index contributed by atoms with van der Waals surface area (Å²) in [7, 11) is 0. The number of para-hydroxylation sites is 1. The lowest BCUT2D eigenvalue weighted by Crippen LogP contribution is -2.48. The second-order valence-electron chi connectivity index (χ2n) is 7.09. The maximum atomic E-state index is 4.77. The average molecular weight is 329 g/mol. The van der Waals surface area contributed by atoms with Gasteiger partial charge in [0.2, 0.25) is 0 Å². The van der Waals surface area contributed by atoms with Crippen molar-refractivity contribution in [2.24, 2.45) is 10.9 Å². The topological polar surface area (TPSA) is 39.7 Å². The number of nitrogens with one attached hydrogen (secondary N) is 2. The van der Waals surface area contributed by atoms with Crippen molar-refractivity contribution >= 4 is 11.6 Å². The predicted octanol–water partition coefficient (Wildman–Crippen LogP) is 3.40. The van der Waals surface area contributed by atoms with Gasteiger partial charge < -0.3 is 15.5 Å². The first kappa shape index (κ1) is 17.1. The van der Waals surface area contributed by atoms with E-state index in [0.29, 0.717) is 6.04 Å². The number of nitrogens with zero attached hydrogens (tertiary/aromatic N) is 2. The molecule has 0 radical (unpaired) electrons. The molecule has 1 aromatic carbocycles.